The molecule has 0 aromatic carbocycles. The van der Waals surface area contributed by atoms with Crippen LogP contribution in [0.15, 0.2) is 0 Å². The van der Waals surface area contributed by atoms with Crippen molar-refractivity contribution in [1.82, 2.24) is 5.32 Å². The fraction of sp³-hybridized carbons (Fsp3) is 0.889. The third-order valence-electron chi connectivity index (χ3n) is 2.30. The second-order valence-electron chi connectivity index (χ2n) is 3.26. The van der Waals surface area contributed by atoms with E-state index in [0.29, 0.717) is 13.1 Å². The molecule has 0 aromatic rings. The Hall–Kier alpha value is -0.570. The molecule has 0 spiro atoms. The van der Waals surface area contributed by atoms with E-state index in [2.05, 4.69) is 10.1 Å². The Labute approximate surface area is 73.5 Å². The maximum atomic E-state index is 9.78. The Bertz CT molecular complexity index is 122. The molecule has 70 valence electrons. The molecule has 0 amide bonds. The van der Waals surface area contributed by atoms with Crippen LogP contribution in [-0.4, -0.2) is 25.7 Å². The largest absolute Gasteiger partial charge is 0.468 e. The zero-order chi connectivity index (χ0) is 8.65. The van der Waals surface area contributed by atoms with Gasteiger partial charge in [-0.1, -0.05) is 12.8 Å². The molecule has 1 rings (SSSR count). The molecule has 3 heteroatoms. The molecule has 1 fully saturated rings. The Morgan fingerprint density at radius 2 is 2.17 bits per heavy atom. The van der Waals surface area contributed by atoms with Crippen molar-refractivity contribution in [2.75, 3.05) is 13.2 Å². The van der Waals surface area contributed by atoms with E-state index >= 15 is 0 Å². The van der Waals surface area contributed by atoms with Crippen LogP contribution in [0.2, 0.25) is 0 Å². The van der Waals surface area contributed by atoms with Crippen LogP contribution in [0.4, 0.5) is 0 Å². The highest BCUT2D eigenvalue weighted by molar-refractivity contribution is 5.36. The lowest BCUT2D eigenvalue weighted by atomic mass is 10.2. The molecule has 0 radical (unpaired) electrons. The first-order valence-corrected chi connectivity index (χ1v) is 4.72. The zero-order valence-electron chi connectivity index (χ0n) is 7.42. The average Bonchev–Trinajstić information content (AvgIpc) is 2.57. The predicted octanol–water partition coefficient (Wildman–Crippen LogP) is 1.08. The van der Waals surface area contributed by atoms with Crippen molar-refractivity contribution in [2.45, 2.75) is 38.1 Å². The van der Waals surface area contributed by atoms with Gasteiger partial charge < -0.3 is 10.1 Å². The van der Waals surface area contributed by atoms with Crippen LogP contribution in [0, 0.1) is 0 Å². The van der Waals surface area contributed by atoms with Gasteiger partial charge in [0.15, 0.2) is 0 Å². The van der Waals surface area contributed by atoms with Gasteiger partial charge in [0.25, 0.3) is 6.47 Å². The van der Waals surface area contributed by atoms with Gasteiger partial charge in [-0.05, 0) is 25.8 Å². The minimum absolute atomic E-state index is 0.509. The Kier molecular flexibility index (Phi) is 4.76. The van der Waals surface area contributed by atoms with E-state index < -0.39 is 0 Å². The normalized spacial score (nSPS) is 18.0. The fourth-order valence-corrected chi connectivity index (χ4v) is 1.64. The predicted molar refractivity (Wildman–Crippen MR) is 46.9 cm³/mol. The average molecular weight is 171 g/mol. The van der Waals surface area contributed by atoms with E-state index in [-0.39, 0.29) is 0 Å². The molecule has 12 heavy (non-hydrogen) atoms. The van der Waals surface area contributed by atoms with Crippen molar-refractivity contribution in [2.24, 2.45) is 0 Å². The van der Waals surface area contributed by atoms with Gasteiger partial charge in [-0.3, -0.25) is 4.79 Å². The zero-order valence-corrected chi connectivity index (χ0v) is 7.42. The van der Waals surface area contributed by atoms with Crippen LogP contribution in [-0.2, 0) is 9.53 Å². The fourth-order valence-electron chi connectivity index (χ4n) is 1.64. The van der Waals surface area contributed by atoms with Gasteiger partial charge in [-0.2, -0.15) is 0 Å². The van der Waals surface area contributed by atoms with Crippen molar-refractivity contribution in [3.8, 4) is 0 Å². The minimum Gasteiger partial charge on any atom is -0.468 e. The molecule has 0 aromatic heterocycles. The van der Waals surface area contributed by atoms with Crippen molar-refractivity contribution in [3.63, 3.8) is 0 Å². The maximum Gasteiger partial charge on any atom is 0.293 e. The smallest absolute Gasteiger partial charge is 0.293 e. The van der Waals surface area contributed by atoms with Gasteiger partial charge in [0.2, 0.25) is 0 Å². The topological polar surface area (TPSA) is 38.3 Å². The van der Waals surface area contributed by atoms with Crippen LogP contribution < -0.4 is 5.32 Å². The summed E-state index contributed by atoms with van der Waals surface area (Å²) >= 11 is 0. The molecule has 0 heterocycles. The van der Waals surface area contributed by atoms with Gasteiger partial charge in [0, 0.05) is 6.04 Å². The molecular formula is C9H17NO2. The van der Waals surface area contributed by atoms with E-state index in [4.69, 9.17) is 0 Å². The maximum absolute atomic E-state index is 9.78. The van der Waals surface area contributed by atoms with Gasteiger partial charge in [0.1, 0.15) is 0 Å². The lowest BCUT2D eigenvalue weighted by Gasteiger charge is -2.10. The Morgan fingerprint density at radius 3 is 2.83 bits per heavy atom. The number of nitrogens with one attached hydrogen (secondary N) is 1. The summed E-state index contributed by atoms with van der Waals surface area (Å²) in [5, 5.41) is 3.44. The second-order valence-corrected chi connectivity index (χ2v) is 3.26. The van der Waals surface area contributed by atoms with Gasteiger partial charge in [-0.15, -0.1) is 0 Å². The summed E-state index contributed by atoms with van der Waals surface area (Å²) in [6.45, 7) is 2.03. The van der Waals surface area contributed by atoms with Gasteiger partial charge in [-0.25, -0.2) is 0 Å². The summed E-state index contributed by atoms with van der Waals surface area (Å²) in [5.41, 5.74) is 0. The Morgan fingerprint density at radius 1 is 1.42 bits per heavy atom. The summed E-state index contributed by atoms with van der Waals surface area (Å²) in [7, 11) is 0. The van der Waals surface area contributed by atoms with E-state index in [1.165, 1.54) is 25.7 Å². The highest BCUT2D eigenvalue weighted by Crippen LogP contribution is 2.17. The number of rotatable bonds is 6. The SMILES string of the molecule is O=COCCCNC1CCCC1. The van der Waals surface area contributed by atoms with Gasteiger partial charge in [0.05, 0.1) is 6.61 Å². The number of ether oxygens (including phenoxy) is 1. The van der Waals surface area contributed by atoms with Crippen LogP contribution in [0.3, 0.4) is 0 Å². The molecule has 3 nitrogen and oxygen atoms in total. The molecular weight excluding hydrogens is 154 g/mol. The molecule has 1 saturated carbocycles. The van der Waals surface area contributed by atoms with Crippen LogP contribution in [0.25, 0.3) is 0 Å². The lowest BCUT2D eigenvalue weighted by molar-refractivity contribution is -0.128. The summed E-state index contributed by atoms with van der Waals surface area (Å²) in [4.78, 5) is 9.78. The van der Waals surface area contributed by atoms with Crippen molar-refractivity contribution >= 4 is 6.47 Å². The monoisotopic (exact) mass is 171 g/mol. The van der Waals surface area contributed by atoms with E-state index in [9.17, 15) is 4.79 Å². The van der Waals surface area contributed by atoms with Crippen LogP contribution >= 0.6 is 0 Å². The molecule has 0 atom stereocenters. The molecule has 1 aliphatic rings. The Balaban J connectivity index is 1.84. The third-order valence-corrected chi connectivity index (χ3v) is 2.30. The first-order chi connectivity index (χ1) is 5.93. The molecule has 1 N–H and O–H groups in total. The van der Waals surface area contributed by atoms with Crippen LogP contribution in [0.5, 0.6) is 0 Å². The highest BCUT2D eigenvalue weighted by Gasteiger charge is 2.12. The standard InChI is InChI=1S/C9H17NO2/c11-8-12-7-3-6-10-9-4-1-2-5-9/h8-10H,1-7H2. The second kappa shape index (κ2) is 6.00. The van der Waals surface area contributed by atoms with Crippen LogP contribution in [0.1, 0.15) is 32.1 Å². The summed E-state index contributed by atoms with van der Waals surface area (Å²) in [5.74, 6) is 0. The van der Waals surface area contributed by atoms with Crippen molar-refractivity contribution in [3.05, 3.63) is 0 Å². The van der Waals surface area contributed by atoms with E-state index in [0.717, 1.165) is 19.0 Å². The molecule has 1 aliphatic carbocycles. The summed E-state index contributed by atoms with van der Waals surface area (Å²) in [6, 6.07) is 0.723. The number of hydrogen-bond donors (Lipinski definition) is 1. The number of carbonyl (C=O) groups is 1. The van der Waals surface area contributed by atoms with Crippen molar-refractivity contribution < 1.29 is 9.53 Å². The molecule has 0 bridgehead atoms. The first-order valence-electron chi connectivity index (χ1n) is 4.72. The third kappa shape index (κ3) is 3.72. The molecule has 0 aliphatic heterocycles. The van der Waals surface area contributed by atoms with E-state index in [1.54, 1.807) is 0 Å². The van der Waals surface area contributed by atoms with Crippen molar-refractivity contribution in [1.29, 1.82) is 0 Å². The highest BCUT2D eigenvalue weighted by atomic mass is 16.5. The van der Waals surface area contributed by atoms with E-state index in [1.807, 2.05) is 0 Å². The summed E-state index contributed by atoms with van der Waals surface area (Å²) < 4.78 is 4.58. The molecule has 0 unspecified atom stereocenters. The summed E-state index contributed by atoms with van der Waals surface area (Å²) in [6.07, 6.45) is 6.28. The number of carbonyl (C=O) groups excluding carboxylic acids is 1. The quantitative estimate of drug-likeness (QED) is 0.480. The van der Waals surface area contributed by atoms with Gasteiger partial charge >= 0.3 is 0 Å². The molecule has 0 saturated heterocycles. The minimum atomic E-state index is 0.509. The first kappa shape index (κ1) is 9.52. The lowest BCUT2D eigenvalue weighted by Crippen LogP contribution is -2.27. The number of hydrogen-bond acceptors (Lipinski definition) is 3.